The highest BCUT2D eigenvalue weighted by Crippen LogP contribution is 2.48. The largest absolute Gasteiger partial charge is 0.486 e. The molecule has 1 aliphatic carbocycles. The van der Waals surface area contributed by atoms with Crippen LogP contribution in [-0.2, 0) is 6.42 Å². The lowest BCUT2D eigenvalue weighted by Crippen LogP contribution is -2.33. The lowest BCUT2D eigenvalue weighted by atomic mass is 9.78. The lowest BCUT2D eigenvalue weighted by Gasteiger charge is -2.31. The number of benzene rings is 2. The number of fused-ring (bicyclic) bond motifs is 4. The van der Waals surface area contributed by atoms with Crippen molar-refractivity contribution in [2.75, 3.05) is 0 Å². The van der Waals surface area contributed by atoms with Gasteiger partial charge in [0.15, 0.2) is 0 Å². The van der Waals surface area contributed by atoms with Gasteiger partial charge in [-0.25, -0.2) is 0 Å². The summed E-state index contributed by atoms with van der Waals surface area (Å²) < 4.78 is 5.93. The SMILES string of the molecule is O[C@@H]1c2ccccc2C[C@H]2c3ccccc3O[C@@H]12. The quantitative estimate of drug-likeness (QED) is 0.764. The minimum atomic E-state index is -0.521. The summed E-state index contributed by atoms with van der Waals surface area (Å²) in [4.78, 5) is 0. The highest BCUT2D eigenvalue weighted by atomic mass is 16.5. The third-order valence-electron chi connectivity index (χ3n) is 4.10. The molecule has 1 N–H and O–H groups in total. The molecule has 2 aromatic rings. The zero-order chi connectivity index (χ0) is 12.1. The van der Waals surface area contributed by atoms with Crippen LogP contribution in [0.25, 0.3) is 0 Å². The van der Waals surface area contributed by atoms with Crippen molar-refractivity contribution in [1.82, 2.24) is 0 Å². The van der Waals surface area contributed by atoms with E-state index in [1.165, 1.54) is 11.1 Å². The van der Waals surface area contributed by atoms with E-state index in [9.17, 15) is 5.11 Å². The Morgan fingerprint density at radius 3 is 2.56 bits per heavy atom. The number of ether oxygens (including phenoxy) is 1. The van der Waals surface area contributed by atoms with Crippen LogP contribution in [-0.4, -0.2) is 11.2 Å². The first-order valence-corrected chi connectivity index (χ1v) is 6.36. The fourth-order valence-electron chi connectivity index (χ4n) is 3.23. The van der Waals surface area contributed by atoms with Crippen molar-refractivity contribution in [3.05, 3.63) is 65.2 Å². The minimum Gasteiger partial charge on any atom is -0.486 e. The number of hydrogen-bond acceptors (Lipinski definition) is 2. The highest BCUT2D eigenvalue weighted by molar-refractivity contribution is 5.46. The molecule has 2 aromatic carbocycles. The molecule has 2 aliphatic rings. The van der Waals surface area contributed by atoms with E-state index in [4.69, 9.17) is 4.74 Å². The summed E-state index contributed by atoms with van der Waals surface area (Å²) in [5.74, 6) is 1.21. The van der Waals surface area contributed by atoms with Gasteiger partial charge in [-0.1, -0.05) is 42.5 Å². The van der Waals surface area contributed by atoms with Crippen LogP contribution >= 0.6 is 0 Å². The molecule has 18 heavy (non-hydrogen) atoms. The monoisotopic (exact) mass is 238 g/mol. The first kappa shape index (κ1) is 10.2. The average Bonchev–Trinajstić information content (AvgIpc) is 2.79. The Morgan fingerprint density at radius 2 is 1.67 bits per heavy atom. The average molecular weight is 238 g/mol. The summed E-state index contributed by atoms with van der Waals surface area (Å²) in [6, 6.07) is 16.2. The standard InChI is InChI=1S/C16H14O2/c17-15-11-6-2-1-5-10(11)9-13-12-7-3-4-8-14(12)18-16(13)15/h1-8,13,15-17H,9H2/t13-,15+,16+/m0/s1. The second-order valence-corrected chi connectivity index (χ2v) is 5.07. The maximum atomic E-state index is 10.5. The predicted octanol–water partition coefficient (Wildman–Crippen LogP) is 2.82. The summed E-state index contributed by atoms with van der Waals surface area (Å²) in [7, 11) is 0. The molecule has 90 valence electrons. The molecule has 0 fully saturated rings. The van der Waals surface area contributed by atoms with Crippen LogP contribution in [0.3, 0.4) is 0 Å². The molecule has 0 radical (unpaired) electrons. The van der Waals surface area contributed by atoms with Gasteiger partial charge in [-0.3, -0.25) is 0 Å². The van der Waals surface area contributed by atoms with Crippen molar-refractivity contribution in [2.24, 2.45) is 0 Å². The summed E-state index contributed by atoms with van der Waals surface area (Å²) >= 11 is 0. The number of para-hydroxylation sites is 1. The van der Waals surface area contributed by atoms with E-state index in [1.807, 2.05) is 36.4 Å². The van der Waals surface area contributed by atoms with Gasteiger partial charge in [0.25, 0.3) is 0 Å². The van der Waals surface area contributed by atoms with E-state index >= 15 is 0 Å². The maximum Gasteiger partial charge on any atom is 0.136 e. The molecule has 3 atom stereocenters. The van der Waals surface area contributed by atoms with Crippen molar-refractivity contribution in [1.29, 1.82) is 0 Å². The molecular formula is C16H14O2. The van der Waals surface area contributed by atoms with Crippen molar-refractivity contribution in [3.63, 3.8) is 0 Å². The van der Waals surface area contributed by atoms with Crippen LogP contribution in [0.15, 0.2) is 48.5 Å². The smallest absolute Gasteiger partial charge is 0.136 e. The number of rotatable bonds is 0. The second-order valence-electron chi connectivity index (χ2n) is 5.07. The van der Waals surface area contributed by atoms with E-state index < -0.39 is 6.10 Å². The molecule has 4 rings (SSSR count). The van der Waals surface area contributed by atoms with Gasteiger partial charge in [0.05, 0.1) is 0 Å². The van der Waals surface area contributed by atoms with Gasteiger partial charge in [-0.15, -0.1) is 0 Å². The van der Waals surface area contributed by atoms with Crippen LogP contribution in [0.5, 0.6) is 5.75 Å². The molecule has 1 heterocycles. The summed E-state index contributed by atoms with van der Waals surface area (Å²) in [6.45, 7) is 0. The third-order valence-corrected chi connectivity index (χ3v) is 4.10. The van der Waals surface area contributed by atoms with Gasteiger partial charge in [0.2, 0.25) is 0 Å². The Morgan fingerprint density at radius 1 is 0.944 bits per heavy atom. The lowest BCUT2D eigenvalue weighted by molar-refractivity contribution is 0.0267. The molecule has 0 bridgehead atoms. The fourth-order valence-corrected chi connectivity index (χ4v) is 3.23. The first-order chi connectivity index (χ1) is 8.84. The maximum absolute atomic E-state index is 10.5. The molecule has 0 amide bonds. The van der Waals surface area contributed by atoms with E-state index in [0.29, 0.717) is 0 Å². The normalized spacial score (nSPS) is 27.9. The van der Waals surface area contributed by atoms with Crippen LogP contribution in [0.2, 0.25) is 0 Å². The Bertz CT molecular complexity index is 606. The van der Waals surface area contributed by atoms with Crippen molar-refractivity contribution >= 4 is 0 Å². The number of aliphatic hydroxyl groups excluding tert-OH is 1. The molecule has 0 saturated carbocycles. The molecule has 0 aromatic heterocycles. The van der Waals surface area contributed by atoms with Crippen LogP contribution < -0.4 is 4.74 Å². The van der Waals surface area contributed by atoms with Crippen LogP contribution in [0, 0.1) is 0 Å². The van der Waals surface area contributed by atoms with Gasteiger partial charge < -0.3 is 9.84 Å². The Balaban J connectivity index is 1.84. The minimum absolute atomic E-state index is 0.128. The zero-order valence-corrected chi connectivity index (χ0v) is 9.91. The van der Waals surface area contributed by atoms with E-state index in [-0.39, 0.29) is 12.0 Å². The van der Waals surface area contributed by atoms with Crippen LogP contribution in [0.1, 0.15) is 28.7 Å². The number of hydrogen-bond donors (Lipinski definition) is 1. The van der Waals surface area contributed by atoms with Gasteiger partial charge >= 0.3 is 0 Å². The fraction of sp³-hybridized carbons (Fsp3) is 0.250. The van der Waals surface area contributed by atoms with Crippen molar-refractivity contribution < 1.29 is 9.84 Å². The molecule has 2 nitrogen and oxygen atoms in total. The molecule has 2 heteroatoms. The topological polar surface area (TPSA) is 29.5 Å². The highest BCUT2D eigenvalue weighted by Gasteiger charge is 2.43. The second kappa shape index (κ2) is 3.59. The third kappa shape index (κ3) is 1.27. The van der Waals surface area contributed by atoms with E-state index in [1.54, 1.807) is 0 Å². The van der Waals surface area contributed by atoms with Crippen molar-refractivity contribution in [3.8, 4) is 5.75 Å². The Hall–Kier alpha value is -1.80. The molecule has 1 aliphatic heterocycles. The van der Waals surface area contributed by atoms with Gasteiger partial charge in [-0.2, -0.15) is 0 Å². The van der Waals surface area contributed by atoms with E-state index in [2.05, 4.69) is 12.1 Å². The summed E-state index contributed by atoms with van der Waals surface area (Å²) in [5.41, 5.74) is 3.49. The predicted molar refractivity (Wildman–Crippen MR) is 68.7 cm³/mol. The molecule has 0 spiro atoms. The van der Waals surface area contributed by atoms with E-state index in [0.717, 1.165) is 17.7 Å². The zero-order valence-electron chi connectivity index (χ0n) is 9.91. The van der Waals surface area contributed by atoms with Gasteiger partial charge in [-0.05, 0) is 23.6 Å². The first-order valence-electron chi connectivity index (χ1n) is 6.36. The summed E-state index contributed by atoms with van der Waals surface area (Å²) in [6.07, 6.45) is 0.305. The van der Waals surface area contributed by atoms with Gasteiger partial charge in [0.1, 0.15) is 18.0 Å². The number of aliphatic hydroxyl groups is 1. The van der Waals surface area contributed by atoms with Gasteiger partial charge in [0, 0.05) is 11.5 Å². The Labute approximate surface area is 106 Å². The summed E-state index contributed by atoms with van der Waals surface area (Å²) in [5, 5.41) is 10.5. The van der Waals surface area contributed by atoms with Crippen LogP contribution in [0.4, 0.5) is 0 Å². The molecular weight excluding hydrogens is 224 g/mol. The Kier molecular flexibility index (Phi) is 2.03. The molecule has 0 unspecified atom stereocenters. The molecule has 0 saturated heterocycles. The van der Waals surface area contributed by atoms with Crippen molar-refractivity contribution in [2.45, 2.75) is 24.5 Å².